The highest BCUT2D eigenvalue weighted by Crippen LogP contribution is 2.10. The number of rotatable bonds is 4. The Kier molecular flexibility index (Phi) is 4.75. The van der Waals surface area contributed by atoms with Crippen LogP contribution in [0.2, 0.25) is 0 Å². The lowest BCUT2D eigenvalue weighted by atomic mass is 10.1. The number of benzene rings is 1. The van der Waals surface area contributed by atoms with Gasteiger partial charge in [0.25, 0.3) is 0 Å². The van der Waals surface area contributed by atoms with E-state index in [1.165, 1.54) is 11.1 Å². The Balaban J connectivity index is 2.64. The highest BCUT2D eigenvalue weighted by Gasteiger charge is 2.08. The summed E-state index contributed by atoms with van der Waals surface area (Å²) in [6.07, 6.45) is 3.37. The van der Waals surface area contributed by atoms with E-state index in [1.54, 1.807) is 0 Å². The third kappa shape index (κ3) is 5.13. The van der Waals surface area contributed by atoms with Crippen molar-refractivity contribution in [1.82, 2.24) is 5.32 Å². The molecule has 0 saturated heterocycles. The second-order valence-corrected chi connectivity index (χ2v) is 5.17. The van der Waals surface area contributed by atoms with Gasteiger partial charge in [-0.2, -0.15) is 0 Å². The molecule has 1 aromatic rings. The fourth-order valence-corrected chi connectivity index (χ4v) is 1.44. The second kappa shape index (κ2) is 5.86. The van der Waals surface area contributed by atoms with Crippen molar-refractivity contribution in [2.75, 3.05) is 6.54 Å². The molecule has 0 amide bonds. The topological polar surface area (TPSA) is 12.0 Å². The molecule has 1 aromatic carbocycles. The van der Waals surface area contributed by atoms with Crippen molar-refractivity contribution in [1.29, 1.82) is 0 Å². The third-order valence-corrected chi connectivity index (χ3v) is 2.47. The Morgan fingerprint density at radius 3 is 2.31 bits per heavy atom. The van der Waals surface area contributed by atoms with Crippen LogP contribution < -0.4 is 5.32 Å². The SMILES string of the molecule is CC/C(=C\c1ccccc1)CNC(C)(C)C. The maximum absolute atomic E-state index is 3.52. The van der Waals surface area contributed by atoms with E-state index in [9.17, 15) is 0 Å². The predicted molar refractivity (Wildman–Crippen MR) is 72.5 cm³/mol. The molecule has 0 fully saturated rings. The molecule has 0 aliphatic carbocycles. The first-order valence-corrected chi connectivity index (χ1v) is 6.01. The molecule has 0 aliphatic heterocycles. The van der Waals surface area contributed by atoms with Crippen molar-refractivity contribution in [3.05, 3.63) is 41.5 Å². The first kappa shape index (κ1) is 13.0. The Morgan fingerprint density at radius 2 is 1.81 bits per heavy atom. The van der Waals surface area contributed by atoms with Gasteiger partial charge in [0.2, 0.25) is 0 Å². The van der Waals surface area contributed by atoms with Crippen molar-refractivity contribution in [2.24, 2.45) is 0 Å². The van der Waals surface area contributed by atoms with Crippen molar-refractivity contribution in [3.8, 4) is 0 Å². The Bertz CT molecular complexity index is 330. The molecule has 1 nitrogen and oxygen atoms in total. The smallest absolute Gasteiger partial charge is 0.0172 e. The van der Waals surface area contributed by atoms with E-state index >= 15 is 0 Å². The summed E-state index contributed by atoms with van der Waals surface area (Å²) in [7, 11) is 0. The predicted octanol–water partition coefficient (Wildman–Crippen LogP) is 3.87. The lowest BCUT2D eigenvalue weighted by Gasteiger charge is -2.21. The molecule has 0 saturated carbocycles. The number of hydrogen-bond donors (Lipinski definition) is 1. The minimum atomic E-state index is 0.185. The van der Waals surface area contributed by atoms with Gasteiger partial charge in [0.05, 0.1) is 0 Å². The van der Waals surface area contributed by atoms with Gasteiger partial charge < -0.3 is 5.32 Å². The molecule has 1 rings (SSSR count). The van der Waals surface area contributed by atoms with Gasteiger partial charge in [-0.05, 0) is 32.8 Å². The summed E-state index contributed by atoms with van der Waals surface area (Å²) in [5.74, 6) is 0. The Hall–Kier alpha value is -1.08. The lowest BCUT2D eigenvalue weighted by molar-refractivity contribution is 0.443. The molecule has 0 atom stereocenters. The zero-order chi connectivity index (χ0) is 12.0. The van der Waals surface area contributed by atoms with Crippen molar-refractivity contribution < 1.29 is 0 Å². The molecule has 0 bridgehead atoms. The molecule has 0 spiro atoms. The van der Waals surface area contributed by atoms with Crippen LogP contribution in [0, 0.1) is 0 Å². The first-order valence-electron chi connectivity index (χ1n) is 6.01. The summed E-state index contributed by atoms with van der Waals surface area (Å²) in [6, 6.07) is 10.5. The second-order valence-electron chi connectivity index (χ2n) is 5.17. The van der Waals surface area contributed by atoms with Crippen LogP contribution in [0.4, 0.5) is 0 Å². The monoisotopic (exact) mass is 217 g/mol. The number of hydrogen-bond acceptors (Lipinski definition) is 1. The first-order chi connectivity index (χ1) is 7.51. The van der Waals surface area contributed by atoms with E-state index in [0.717, 1.165) is 13.0 Å². The summed E-state index contributed by atoms with van der Waals surface area (Å²) < 4.78 is 0. The van der Waals surface area contributed by atoms with Gasteiger partial charge in [0, 0.05) is 12.1 Å². The van der Waals surface area contributed by atoms with Gasteiger partial charge in [-0.25, -0.2) is 0 Å². The molecule has 0 radical (unpaired) electrons. The molecule has 0 heterocycles. The fraction of sp³-hybridized carbons (Fsp3) is 0.467. The normalized spacial score (nSPS) is 12.9. The molecule has 1 heteroatoms. The Morgan fingerprint density at radius 1 is 1.19 bits per heavy atom. The van der Waals surface area contributed by atoms with Crippen LogP contribution in [-0.2, 0) is 0 Å². The summed E-state index contributed by atoms with van der Waals surface area (Å²) in [6.45, 7) is 9.77. The van der Waals surface area contributed by atoms with Crippen LogP contribution in [0.1, 0.15) is 39.7 Å². The van der Waals surface area contributed by atoms with Crippen LogP contribution in [-0.4, -0.2) is 12.1 Å². The third-order valence-electron chi connectivity index (χ3n) is 2.47. The molecule has 0 unspecified atom stereocenters. The zero-order valence-electron chi connectivity index (χ0n) is 10.9. The van der Waals surface area contributed by atoms with Gasteiger partial charge in [0.15, 0.2) is 0 Å². The quantitative estimate of drug-likeness (QED) is 0.807. The Labute approximate surface area is 99.6 Å². The van der Waals surface area contributed by atoms with Gasteiger partial charge in [0.1, 0.15) is 0 Å². The van der Waals surface area contributed by atoms with Crippen LogP contribution in [0.3, 0.4) is 0 Å². The van der Waals surface area contributed by atoms with Gasteiger partial charge in [-0.3, -0.25) is 0 Å². The van der Waals surface area contributed by atoms with Crippen molar-refractivity contribution >= 4 is 6.08 Å². The van der Waals surface area contributed by atoms with E-state index < -0.39 is 0 Å². The zero-order valence-corrected chi connectivity index (χ0v) is 10.9. The standard InChI is InChI=1S/C15H23N/c1-5-13(12-16-15(2,3)4)11-14-9-7-6-8-10-14/h6-11,16H,5,12H2,1-4H3/b13-11+. The highest BCUT2D eigenvalue weighted by molar-refractivity contribution is 5.52. The molecule has 1 N–H and O–H groups in total. The van der Waals surface area contributed by atoms with Crippen LogP contribution in [0.15, 0.2) is 35.9 Å². The molecule has 0 aliphatic rings. The van der Waals surface area contributed by atoms with E-state index in [1.807, 2.05) is 0 Å². The fourth-order valence-electron chi connectivity index (χ4n) is 1.44. The molecule has 88 valence electrons. The molecule has 16 heavy (non-hydrogen) atoms. The van der Waals surface area contributed by atoms with Crippen molar-refractivity contribution in [3.63, 3.8) is 0 Å². The molecular weight excluding hydrogens is 194 g/mol. The van der Waals surface area contributed by atoms with E-state index in [2.05, 4.69) is 69.4 Å². The average Bonchev–Trinajstić information content (AvgIpc) is 2.24. The maximum Gasteiger partial charge on any atom is 0.0172 e. The van der Waals surface area contributed by atoms with Crippen LogP contribution >= 0.6 is 0 Å². The van der Waals surface area contributed by atoms with Crippen LogP contribution in [0.25, 0.3) is 6.08 Å². The average molecular weight is 217 g/mol. The van der Waals surface area contributed by atoms with Gasteiger partial charge in [-0.15, -0.1) is 0 Å². The summed E-state index contributed by atoms with van der Waals surface area (Å²) in [5.41, 5.74) is 2.92. The lowest BCUT2D eigenvalue weighted by Crippen LogP contribution is -2.36. The van der Waals surface area contributed by atoms with E-state index in [0.29, 0.717) is 0 Å². The molecular formula is C15H23N. The van der Waals surface area contributed by atoms with Gasteiger partial charge in [-0.1, -0.05) is 48.9 Å². The summed E-state index contributed by atoms with van der Waals surface area (Å²) in [5, 5.41) is 3.52. The highest BCUT2D eigenvalue weighted by atomic mass is 14.9. The minimum absolute atomic E-state index is 0.185. The van der Waals surface area contributed by atoms with E-state index in [-0.39, 0.29) is 5.54 Å². The maximum atomic E-state index is 3.52. The van der Waals surface area contributed by atoms with E-state index in [4.69, 9.17) is 0 Å². The summed E-state index contributed by atoms with van der Waals surface area (Å²) in [4.78, 5) is 0. The van der Waals surface area contributed by atoms with Crippen LogP contribution in [0.5, 0.6) is 0 Å². The van der Waals surface area contributed by atoms with Crippen molar-refractivity contribution in [2.45, 2.75) is 39.7 Å². The van der Waals surface area contributed by atoms with Gasteiger partial charge >= 0.3 is 0 Å². The summed E-state index contributed by atoms with van der Waals surface area (Å²) >= 11 is 0. The molecule has 0 aromatic heterocycles. The largest absolute Gasteiger partial charge is 0.308 e. The minimum Gasteiger partial charge on any atom is -0.308 e. The number of nitrogens with one attached hydrogen (secondary N) is 1.